The van der Waals surface area contributed by atoms with Crippen LogP contribution < -0.4 is 10.6 Å². The minimum atomic E-state index is -0.0146. The van der Waals surface area contributed by atoms with Crippen LogP contribution in [0.4, 0.5) is 5.69 Å². The van der Waals surface area contributed by atoms with E-state index in [9.17, 15) is 4.79 Å². The van der Waals surface area contributed by atoms with Crippen LogP contribution in [0.2, 0.25) is 0 Å². The molecule has 2 N–H and O–H groups in total. The lowest BCUT2D eigenvalue weighted by Gasteiger charge is -2.15. The SMILES string of the molecule is O=C(Nc1ccc(CN2CCCC2)cc1)[C@@H]1CCCN1. The molecule has 0 spiro atoms. The van der Waals surface area contributed by atoms with Crippen molar-refractivity contribution in [2.24, 2.45) is 0 Å². The average Bonchev–Trinajstić information content (AvgIpc) is 3.13. The highest BCUT2D eigenvalue weighted by Gasteiger charge is 2.21. The summed E-state index contributed by atoms with van der Waals surface area (Å²) in [7, 11) is 0. The first-order chi connectivity index (χ1) is 9.81. The summed E-state index contributed by atoms with van der Waals surface area (Å²) in [5.41, 5.74) is 2.22. The monoisotopic (exact) mass is 273 g/mol. The highest BCUT2D eigenvalue weighted by Crippen LogP contribution is 2.16. The Kier molecular flexibility index (Phi) is 4.33. The van der Waals surface area contributed by atoms with E-state index in [4.69, 9.17) is 0 Å². The van der Waals surface area contributed by atoms with E-state index in [-0.39, 0.29) is 11.9 Å². The van der Waals surface area contributed by atoms with E-state index in [1.165, 1.54) is 31.5 Å². The molecule has 20 heavy (non-hydrogen) atoms. The summed E-state index contributed by atoms with van der Waals surface area (Å²) >= 11 is 0. The second kappa shape index (κ2) is 6.37. The molecule has 0 unspecified atom stereocenters. The molecule has 1 amide bonds. The second-order valence-electron chi connectivity index (χ2n) is 5.82. The molecule has 0 aliphatic carbocycles. The molecule has 2 fully saturated rings. The number of nitrogens with one attached hydrogen (secondary N) is 2. The van der Waals surface area contributed by atoms with Gasteiger partial charge in [-0.2, -0.15) is 0 Å². The van der Waals surface area contributed by atoms with Crippen molar-refractivity contribution in [3.63, 3.8) is 0 Å². The molecule has 4 nitrogen and oxygen atoms in total. The third-order valence-electron chi connectivity index (χ3n) is 4.20. The van der Waals surface area contributed by atoms with Gasteiger partial charge in [-0.05, 0) is 63.0 Å². The van der Waals surface area contributed by atoms with Crippen molar-refractivity contribution in [1.82, 2.24) is 10.2 Å². The molecule has 0 radical (unpaired) electrons. The molecule has 0 bridgehead atoms. The topological polar surface area (TPSA) is 44.4 Å². The fourth-order valence-corrected chi connectivity index (χ4v) is 3.03. The molecular weight excluding hydrogens is 250 g/mol. The summed E-state index contributed by atoms with van der Waals surface area (Å²) in [6.45, 7) is 4.41. The van der Waals surface area contributed by atoms with E-state index in [0.29, 0.717) is 0 Å². The number of likely N-dealkylation sites (tertiary alicyclic amines) is 1. The van der Waals surface area contributed by atoms with Gasteiger partial charge >= 0.3 is 0 Å². The van der Waals surface area contributed by atoms with E-state index in [0.717, 1.165) is 31.6 Å². The first-order valence-electron chi connectivity index (χ1n) is 7.67. The van der Waals surface area contributed by atoms with E-state index in [2.05, 4.69) is 27.7 Å². The smallest absolute Gasteiger partial charge is 0.241 e. The number of nitrogens with zero attached hydrogens (tertiary/aromatic N) is 1. The molecule has 0 saturated carbocycles. The van der Waals surface area contributed by atoms with Gasteiger partial charge in [0.25, 0.3) is 0 Å². The first kappa shape index (κ1) is 13.6. The minimum absolute atomic E-state index is 0.0146. The summed E-state index contributed by atoms with van der Waals surface area (Å²) in [5, 5.41) is 6.21. The lowest BCUT2D eigenvalue weighted by molar-refractivity contribution is -0.117. The van der Waals surface area contributed by atoms with Crippen LogP contribution in [0, 0.1) is 0 Å². The largest absolute Gasteiger partial charge is 0.325 e. The zero-order valence-electron chi connectivity index (χ0n) is 11.9. The number of benzene rings is 1. The zero-order valence-corrected chi connectivity index (χ0v) is 11.9. The standard InChI is InChI=1S/C16H23N3O/c20-16(15-4-3-9-17-15)18-14-7-5-13(6-8-14)12-19-10-1-2-11-19/h5-8,15,17H,1-4,9-12H2,(H,18,20)/t15-/m0/s1. The Labute approximate surface area is 120 Å². The van der Waals surface area contributed by atoms with Gasteiger partial charge < -0.3 is 10.6 Å². The quantitative estimate of drug-likeness (QED) is 0.881. The van der Waals surface area contributed by atoms with E-state index in [1.807, 2.05) is 12.1 Å². The molecule has 1 aromatic carbocycles. The van der Waals surface area contributed by atoms with E-state index >= 15 is 0 Å². The van der Waals surface area contributed by atoms with Gasteiger partial charge in [0.15, 0.2) is 0 Å². The number of anilines is 1. The van der Waals surface area contributed by atoms with Gasteiger partial charge in [-0.1, -0.05) is 12.1 Å². The van der Waals surface area contributed by atoms with Crippen molar-refractivity contribution in [3.8, 4) is 0 Å². The van der Waals surface area contributed by atoms with Crippen LogP contribution in [-0.2, 0) is 11.3 Å². The summed E-state index contributed by atoms with van der Waals surface area (Å²) < 4.78 is 0. The fourth-order valence-electron chi connectivity index (χ4n) is 3.03. The van der Waals surface area contributed by atoms with Gasteiger partial charge in [-0.3, -0.25) is 9.69 Å². The van der Waals surface area contributed by atoms with Crippen LogP contribution in [0.5, 0.6) is 0 Å². The van der Waals surface area contributed by atoms with Gasteiger partial charge in [0, 0.05) is 12.2 Å². The van der Waals surface area contributed by atoms with Crippen molar-refractivity contribution in [2.75, 3.05) is 25.0 Å². The Balaban J connectivity index is 1.53. The zero-order chi connectivity index (χ0) is 13.8. The molecule has 108 valence electrons. The maximum Gasteiger partial charge on any atom is 0.241 e. The molecule has 1 aromatic rings. The Morgan fingerprint density at radius 2 is 1.95 bits per heavy atom. The maximum absolute atomic E-state index is 12.0. The van der Waals surface area contributed by atoms with Gasteiger partial charge in [0.05, 0.1) is 6.04 Å². The van der Waals surface area contributed by atoms with Gasteiger partial charge in [0.1, 0.15) is 0 Å². The predicted molar refractivity (Wildman–Crippen MR) is 80.6 cm³/mol. The molecule has 4 heteroatoms. The molecule has 2 saturated heterocycles. The van der Waals surface area contributed by atoms with Crippen LogP contribution in [-0.4, -0.2) is 36.5 Å². The number of carbonyl (C=O) groups excluding carboxylic acids is 1. The molecular formula is C16H23N3O. The third kappa shape index (κ3) is 3.38. The highest BCUT2D eigenvalue weighted by atomic mass is 16.2. The van der Waals surface area contributed by atoms with Crippen molar-refractivity contribution in [1.29, 1.82) is 0 Å². The van der Waals surface area contributed by atoms with Gasteiger partial charge in [-0.25, -0.2) is 0 Å². The number of carbonyl (C=O) groups is 1. The summed E-state index contributed by atoms with van der Waals surface area (Å²) in [6.07, 6.45) is 4.68. The Morgan fingerprint density at radius 1 is 1.20 bits per heavy atom. The Hall–Kier alpha value is -1.39. The molecule has 2 aliphatic rings. The number of hydrogen-bond acceptors (Lipinski definition) is 3. The first-order valence-corrected chi connectivity index (χ1v) is 7.67. The Bertz CT molecular complexity index is 445. The molecule has 0 aromatic heterocycles. The van der Waals surface area contributed by atoms with E-state index < -0.39 is 0 Å². The molecule has 3 rings (SSSR count). The van der Waals surface area contributed by atoms with Crippen molar-refractivity contribution in [2.45, 2.75) is 38.3 Å². The maximum atomic E-state index is 12.0. The fraction of sp³-hybridized carbons (Fsp3) is 0.562. The summed E-state index contributed by atoms with van der Waals surface area (Å²) in [5.74, 6) is 0.0924. The average molecular weight is 273 g/mol. The molecule has 1 atom stereocenters. The lowest BCUT2D eigenvalue weighted by Crippen LogP contribution is -2.35. The lowest BCUT2D eigenvalue weighted by atomic mass is 10.1. The highest BCUT2D eigenvalue weighted by molar-refractivity contribution is 5.95. The Morgan fingerprint density at radius 3 is 2.60 bits per heavy atom. The molecule has 2 heterocycles. The second-order valence-corrected chi connectivity index (χ2v) is 5.82. The van der Waals surface area contributed by atoms with Crippen molar-refractivity contribution >= 4 is 11.6 Å². The van der Waals surface area contributed by atoms with Crippen molar-refractivity contribution < 1.29 is 4.79 Å². The minimum Gasteiger partial charge on any atom is -0.325 e. The number of rotatable bonds is 4. The predicted octanol–water partition coefficient (Wildman–Crippen LogP) is 1.97. The van der Waals surface area contributed by atoms with Crippen LogP contribution in [0.15, 0.2) is 24.3 Å². The van der Waals surface area contributed by atoms with Gasteiger partial charge in [-0.15, -0.1) is 0 Å². The molecule has 2 aliphatic heterocycles. The number of hydrogen-bond donors (Lipinski definition) is 2. The van der Waals surface area contributed by atoms with Crippen LogP contribution in [0.3, 0.4) is 0 Å². The number of amides is 1. The van der Waals surface area contributed by atoms with Crippen LogP contribution in [0.1, 0.15) is 31.2 Å². The summed E-state index contributed by atoms with van der Waals surface area (Å²) in [6, 6.07) is 8.25. The summed E-state index contributed by atoms with van der Waals surface area (Å²) in [4.78, 5) is 14.5. The van der Waals surface area contributed by atoms with Crippen LogP contribution in [0.25, 0.3) is 0 Å². The van der Waals surface area contributed by atoms with E-state index in [1.54, 1.807) is 0 Å². The third-order valence-corrected chi connectivity index (χ3v) is 4.20. The van der Waals surface area contributed by atoms with Crippen LogP contribution >= 0.6 is 0 Å². The normalized spacial score (nSPS) is 23.1. The van der Waals surface area contributed by atoms with Gasteiger partial charge in [0.2, 0.25) is 5.91 Å². The van der Waals surface area contributed by atoms with Crippen molar-refractivity contribution in [3.05, 3.63) is 29.8 Å².